The lowest BCUT2D eigenvalue weighted by Gasteiger charge is -2.34. The Balaban J connectivity index is 1.83. The van der Waals surface area contributed by atoms with Gasteiger partial charge in [0.15, 0.2) is 5.79 Å². The van der Waals surface area contributed by atoms with Crippen molar-refractivity contribution < 1.29 is 14.3 Å². The van der Waals surface area contributed by atoms with Crippen molar-refractivity contribution >= 4 is 5.91 Å². The van der Waals surface area contributed by atoms with E-state index in [1.165, 1.54) is 6.42 Å². The molecule has 3 N–H and O–H groups in total. The van der Waals surface area contributed by atoms with Crippen molar-refractivity contribution in [2.45, 2.75) is 57.8 Å². The van der Waals surface area contributed by atoms with E-state index >= 15 is 0 Å². The molecule has 0 bridgehead atoms. The second-order valence-electron chi connectivity index (χ2n) is 6.21. The molecule has 1 amide bonds. The summed E-state index contributed by atoms with van der Waals surface area (Å²) in [7, 11) is 0. The van der Waals surface area contributed by atoms with Crippen LogP contribution in [-0.2, 0) is 14.3 Å². The van der Waals surface area contributed by atoms with Crippen LogP contribution in [0.5, 0.6) is 0 Å². The molecule has 1 heterocycles. The van der Waals surface area contributed by atoms with E-state index in [0.717, 1.165) is 25.7 Å². The Kier molecular flexibility index (Phi) is 4.48. The van der Waals surface area contributed by atoms with Crippen molar-refractivity contribution in [1.29, 1.82) is 0 Å². The van der Waals surface area contributed by atoms with Gasteiger partial charge in [-0.15, -0.1) is 0 Å². The molecular weight excluding hydrogens is 244 g/mol. The molecule has 1 aliphatic carbocycles. The molecule has 2 fully saturated rings. The summed E-state index contributed by atoms with van der Waals surface area (Å²) < 4.78 is 11.2. The van der Waals surface area contributed by atoms with E-state index in [2.05, 4.69) is 5.32 Å². The topological polar surface area (TPSA) is 73.6 Å². The SMILES string of the molecule is CC1(C)OCC(CNC(=O)C2(CN)CCCCC2)O1. The smallest absolute Gasteiger partial charge is 0.227 e. The van der Waals surface area contributed by atoms with Gasteiger partial charge in [0.2, 0.25) is 5.91 Å². The van der Waals surface area contributed by atoms with Crippen LogP contribution in [0.4, 0.5) is 0 Å². The van der Waals surface area contributed by atoms with Crippen molar-refractivity contribution in [3.8, 4) is 0 Å². The number of nitrogens with two attached hydrogens (primary N) is 1. The summed E-state index contributed by atoms with van der Waals surface area (Å²) in [6.45, 7) is 5.24. The summed E-state index contributed by atoms with van der Waals surface area (Å²) in [4.78, 5) is 12.4. The van der Waals surface area contributed by atoms with E-state index in [-0.39, 0.29) is 17.4 Å². The van der Waals surface area contributed by atoms with E-state index in [0.29, 0.717) is 19.7 Å². The quantitative estimate of drug-likeness (QED) is 0.804. The van der Waals surface area contributed by atoms with Crippen LogP contribution >= 0.6 is 0 Å². The van der Waals surface area contributed by atoms with Gasteiger partial charge < -0.3 is 20.5 Å². The highest BCUT2D eigenvalue weighted by Crippen LogP contribution is 2.35. The molecule has 1 aliphatic heterocycles. The Morgan fingerprint density at radius 3 is 2.53 bits per heavy atom. The summed E-state index contributed by atoms with van der Waals surface area (Å²) in [5.74, 6) is -0.450. The maximum atomic E-state index is 12.4. The van der Waals surface area contributed by atoms with Crippen molar-refractivity contribution in [1.82, 2.24) is 5.32 Å². The second-order valence-corrected chi connectivity index (χ2v) is 6.21. The zero-order chi connectivity index (χ0) is 13.9. The highest BCUT2D eigenvalue weighted by molar-refractivity contribution is 5.83. The normalized spacial score (nSPS) is 29.1. The van der Waals surface area contributed by atoms with Gasteiger partial charge in [-0.3, -0.25) is 4.79 Å². The van der Waals surface area contributed by atoms with Gasteiger partial charge in [-0.2, -0.15) is 0 Å². The van der Waals surface area contributed by atoms with E-state index in [1.54, 1.807) is 0 Å². The molecule has 0 aromatic rings. The van der Waals surface area contributed by atoms with Crippen LogP contribution in [0.1, 0.15) is 46.0 Å². The molecule has 19 heavy (non-hydrogen) atoms. The fourth-order valence-electron chi connectivity index (χ4n) is 3.01. The highest BCUT2D eigenvalue weighted by Gasteiger charge is 2.39. The summed E-state index contributed by atoms with van der Waals surface area (Å²) in [5.41, 5.74) is 5.50. The average molecular weight is 270 g/mol. The molecule has 1 saturated heterocycles. The molecule has 1 atom stereocenters. The van der Waals surface area contributed by atoms with Crippen molar-refractivity contribution in [3.05, 3.63) is 0 Å². The largest absolute Gasteiger partial charge is 0.353 e. The van der Waals surface area contributed by atoms with Crippen LogP contribution in [0.3, 0.4) is 0 Å². The van der Waals surface area contributed by atoms with Gasteiger partial charge in [0.1, 0.15) is 6.10 Å². The predicted octanol–water partition coefficient (Wildman–Crippen LogP) is 1.16. The Morgan fingerprint density at radius 2 is 2.00 bits per heavy atom. The van der Waals surface area contributed by atoms with Crippen molar-refractivity contribution in [2.24, 2.45) is 11.1 Å². The minimum Gasteiger partial charge on any atom is -0.353 e. The molecule has 0 aromatic heterocycles. The lowest BCUT2D eigenvalue weighted by Crippen LogP contribution is -2.49. The number of carbonyl (C=O) groups is 1. The third kappa shape index (κ3) is 3.46. The van der Waals surface area contributed by atoms with Gasteiger partial charge in [0.25, 0.3) is 0 Å². The number of nitrogens with one attached hydrogen (secondary N) is 1. The zero-order valence-electron chi connectivity index (χ0n) is 12.0. The van der Waals surface area contributed by atoms with E-state index < -0.39 is 5.79 Å². The first-order valence-electron chi connectivity index (χ1n) is 7.28. The molecule has 1 unspecified atom stereocenters. The summed E-state index contributed by atoms with van der Waals surface area (Å²) in [6, 6.07) is 0. The number of amides is 1. The number of hydrogen-bond acceptors (Lipinski definition) is 4. The van der Waals surface area contributed by atoms with Crippen LogP contribution in [0.15, 0.2) is 0 Å². The number of carbonyl (C=O) groups excluding carboxylic acids is 1. The number of rotatable bonds is 4. The Labute approximate surface area is 115 Å². The van der Waals surface area contributed by atoms with E-state index in [1.807, 2.05) is 13.8 Å². The van der Waals surface area contributed by atoms with Crippen LogP contribution in [0, 0.1) is 5.41 Å². The number of hydrogen-bond donors (Lipinski definition) is 2. The molecule has 0 radical (unpaired) electrons. The van der Waals surface area contributed by atoms with Crippen molar-refractivity contribution in [3.63, 3.8) is 0 Å². The Hall–Kier alpha value is -0.650. The minimum atomic E-state index is -0.536. The molecule has 5 nitrogen and oxygen atoms in total. The molecule has 2 rings (SSSR count). The lowest BCUT2D eigenvalue weighted by atomic mass is 9.73. The van der Waals surface area contributed by atoms with Gasteiger partial charge in [0, 0.05) is 13.1 Å². The van der Waals surface area contributed by atoms with Gasteiger partial charge in [-0.1, -0.05) is 19.3 Å². The van der Waals surface area contributed by atoms with Crippen molar-refractivity contribution in [2.75, 3.05) is 19.7 Å². The van der Waals surface area contributed by atoms with Crippen LogP contribution in [0.2, 0.25) is 0 Å². The third-order valence-electron chi connectivity index (χ3n) is 4.24. The standard InChI is InChI=1S/C14H26N2O3/c1-13(2)18-9-11(19-13)8-16-12(17)14(10-15)6-4-3-5-7-14/h11H,3-10,15H2,1-2H3,(H,16,17). The van der Waals surface area contributed by atoms with Gasteiger partial charge >= 0.3 is 0 Å². The molecule has 5 heteroatoms. The summed E-state index contributed by atoms with van der Waals surface area (Å²) in [5, 5.41) is 3.00. The monoisotopic (exact) mass is 270 g/mol. The third-order valence-corrected chi connectivity index (χ3v) is 4.24. The second kappa shape index (κ2) is 5.77. The first-order valence-corrected chi connectivity index (χ1v) is 7.28. The summed E-state index contributed by atoms with van der Waals surface area (Å²) >= 11 is 0. The number of ether oxygens (including phenoxy) is 2. The molecule has 0 aromatic carbocycles. The molecule has 1 saturated carbocycles. The first kappa shape index (κ1) is 14.8. The highest BCUT2D eigenvalue weighted by atomic mass is 16.7. The summed E-state index contributed by atoms with van der Waals surface area (Å²) in [6.07, 6.45) is 5.16. The average Bonchev–Trinajstić information content (AvgIpc) is 2.76. The minimum absolute atomic E-state index is 0.0580. The van der Waals surface area contributed by atoms with Gasteiger partial charge in [0.05, 0.1) is 12.0 Å². The maximum absolute atomic E-state index is 12.4. The maximum Gasteiger partial charge on any atom is 0.227 e. The van der Waals surface area contributed by atoms with Crippen LogP contribution in [0.25, 0.3) is 0 Å². The van der Waals surface area contributed by atoms with E-state index in [9.17, 15) is 4.79 Å². The van der Waals surface area contributed by atoms with Crippen LogP contribution < -0.4 is 11.1 Å². The molecular formula is C14H26N2O3. The van der Waals surface area contributed by atoms with E-state index in [4.69, 9.17) is 15.2 Å². The van der Waals surface area contributed by atoms with Gasteiger partial charge in [-0.05, 0) is 26.7 Å². The van der Waals surface area contributed by atoms with Gasteiger partial charge in [-0.25, -0.2) is 0 Å². The first-order chi connectivity index (χ1) is 8.97. The molecule has 0 spiro atoms. The fourth-order valence-corrected chi connectivity index (χ4v) is 3.01. The van der Waals surface area contributed by atoms with Crippen LogP contribution in [-0.4, -0.2) is 37.5 Å². The molecule has 110 valence electrons. The predicted molar refractivity (Wildman–Crippen MR) is 72.5 cm³/mol. The zero-order valence-corrected chi connectivity index (χ0v) is 12.0. The lowest BCUT2D eigenvalue weighted by molar-refractivity contribution is -0.141. The Morgan fingerprint density at radius 1 is 1.32 bits per heavy atom. The molecule has 2 aliphatic rings. The Bertz CT molecular complexity index is 325. The fraction of sp³-hybridized carbons (Fsp3) is 0.929.